The summed E-state index contributed by atoms with van der Waals surface area (Å²) in [6.07, 6.45) is 0.833. The van der Waals surface area contributed by atoms with E-state index in [0.29, 0.717) is 18.2 Å². The number of benzene rings is 1. The van der Waals surface area contributed by atoms with E-state index in [4.69, 9.17) is 16.3 Å². The Labute approximate surface area is 142 Å². The van der Waals surface area contributed by atoms with E-state index >= 15 is 0 Å². The van der Waals surface area contributed by atoms with Gasteiger partial charge in [-0.1, -0.05) is 25.4 Å². The van der Waals surface area contributed by atoms with Gasteiger partial charge in [0.2, 0.25) is 15.9 Å². The van der Waals surface area contributed by atoms with Crippen LogP contribution in [0.1, 0.15) is 27.2 Å². The summed E-state index contributed by atoms with van der Waals surface area (Å²) < 4.78 is 31.9. The number of halogens is 1. The quantitative estimate of drug-likeness (QED) is 0.742. The second-order valence-electron chi connectivity index (χ2n) is 5.61. The van der Waals surface area contributed by atoms with Crippen molar-refractivity contribution < 1.29 is 17.9 Å². The second kappa shape index (κ2) is 8.52. The SMILES string of the molecule is COc1ccc(S(=O)(=O)N[C@H](C)C(=O)NCCC(C)C)cc1Cl. The summed E-state index contributed by atoms with van der Waals surface area (Å²) in [5.41, 5.74) is 0. The zero-order chi connectivity index (χ0) is 17.6. The van der Waals surface area contributed by atoms with Gasteiger partial charge in [0.1, 0.15) is 5.75 Å². The maximum atomic E-state index is 12.3. The highest BCUT2D eigenvalue weighted by Gasteiger charge is 2.22. The predicted octanol–water partition coefficient (Wildman–Crippen LogP) is 2.18. The molecule has 0 aromatic heterocycles. The van der Waals surface area contributed by atoms with Crippen LogP contribution < -0.4 is 14.8 Å². The van der Waals surface area contributed by atoms with Gasteiger partial charge < -0.3 is 10.1 Å². The first-order chi connectivity index (χ1) is 10.7. The molecule has 8 heteroatoms. The van der Waals surface area contributed by atoms with Crippen LogP contribution in [0.15, 0.2) is 23.1 Å². The molecule has 6 nitrogen and oxygen atoms in total. The number of hydrogen-bond donors (Lipinski definition) is 2. The van der Waals surface area contributed by atoms with E-state index in [-0.39, 0.29) is 15.8 Å². The molecule has 0 aliphatic carbocycles. The van der Waals surface area contributed by atoms with Crippen LogP contribution in [0.25, 0.3) is 0 Å². The zero-order valence-electron chi connectivity index (χ0n) is 13.7. The number of carbonyl (C=O) groups is 1. The maximum Gasteiger partial charge on any atom is 0.241 e. The monoisotopic (exact) mass is 362 g/mol. The van der Waals surface area contributed by atoms with Crippen LogP contribution in [0.5, 0.6) is 5.75 Å². The fourth-order valence-electron chi connectivity index (χ4n) is 1.81. The van der Waals surface area contributed by atoms with E-state index < -0.39 is 16.1 Å². The first-order valence-corrected chi connectivity index (χ1v) is 9.17. The number of methoxy groups -OCH3 is 1. The summed E-state index contributed by atoms with van der Waals surface area (Å²) in [6, 6.07) is 3.24. The van der Waals surface area contributed by atoms with Gasteiger partial charge in [-0.05, 0) is 37.5 Å². The molecule has 0 aliphatic heterocycles. The Morgan fingerprint density at radius 2 is 1.96 bits per heavy atom. The van der Waals surface area contributed by atoms with Crippen molar-refractivity contribution >= 4 is 27.5 Å². The van der Waals surface area contributed by atoms with E-state index in [1.807, 2.05) is 13.8 Å². The smallest absolute Gasteiger partial charge is 0.241 e. The second-order valence-corrected chi connectivity index (χ2v) is 7.73. The minimum Gasteiger partial charge on any atom is -0.495 e. The summed E-state index contributed by atoms with van der Waals surface area (Å²) >= 11 is 5.94. The molecule has 2 N–H and O–H groups in total. The number of sulfonamides is 1. The Morgan fingerprint density at radius 3 is 2.48 bits per heavy atom. The van der Waals surface area contributed by atoms with Crippen molar-refractivity contribution in [2.45, 2.75) is 38.1 Å². The van der Waals surface area contributed by atoms with Gasteiger partial charge in [0.05, 0.1) is 23.1 Å². The summed E-state index contributed by atoms with van der Waals surface area (Å²) in [5, 5.41) is 2.89. The van der Waals surface area contributed by atoms with Crippen molar-refractivity contribution in [3.63, 3.8) is 0 Å². The van der Waals surface area contributed by atoms with Gasteiger partial charge in [-0.3, -0.25) is 4.79 Å². The van der Waals surface area contributed by atoms with Crippen molar-refractivity contribution in [3.05, 3.63) is 23.2 Å². The molecule has 0 fully saturated rings. The minimum atomic E-state index is -3.84. The van der Waals surface area contributed by atoms with Gasteiger partial charge in [0.15, 0.2) is 0 Å². The zero-order valence-corrected chi connectivity index (χ0v) is 15.3. The molecule has 1 aromatic carbocycles. The molecule has 0 bridgehead atoms. The average Bonchev–Trinajstić information content (AvgIpc) is 2.46. The number of ether oxygens (including phenoxy) is 1. The highest BCUT2D eigenvalue weighted by atomic mass is 35.5. The van der Waals surface area contributed by atoms with Crippen LogP contribution in [-0.4, -0.2) is 34.0 Å². The lowest BCUT2D eigenvalue weighted by molar-refractivity contribution is -0.122. The lowest BCUT2D eigenvalue weighted by atomic mass is 10.1. The first-order valence-electron chi connectivity index (χ1n) is 7.31. The molecule has 0 saturated heterocycles. The van der Waals surface area contributed by atoms with Crippen molar-refractivity contribution in [3.8, 4) is 5.75 Å². The van der Waals surface area contributed by atoms with E-state index in [9.17, 15) is 13.2 Å². The molecule has 130 valence electrons. The topological polar surface area (TPSA) is 84.5 Å². The van der Waals surface area contributed by atoms with Crippen molar-refractivity contribution in [1.29, 1.82) is 0 Å². The van der Waals surface area contributed by atoms with E-state index in [2.05, 4.69) is 10.0 Å². The third kappa shape index (κ3) is 6.01. The Kier molecular flexibility index (Phi) is 7.31. The van der Waals surface area contributed by atoms with E-state index in [1.54, 1.807) is 0 Å². The summed E-state index contributed by atoms with van der Waals surface area (Å²) in [5.74, 6) is 0.475. The normalized spacial score (nSPS) is 13.0. The van der Waals surface area contributed by atoms with Crippen LogP contribution >= 0.6 is 11.6 Å². The Morgan fingerprint density at radius 1 is 1.30 bits per heavy atom. The molecule has 1 atom stereocenters. The number of rotatable bonds is 8. The van der Waals surface area contributed by atoms with Gasteiger partial charge in [-0.2, -0.15) is 4.72 Å². The molecular formula is C15H23ClN2O4S. The maximum absolute atomic E-state index is 12.3. The third-order valence-electron chi connectivity index (χ3n) is 3.18. The summed E-state index contributed by atoms with van der Waals surface area (Å²) in [7, 11) is -2.40. The van der Waals surface area contributed by atoms with E-state index in [0.717, 1.165) is 6.42 Å². The van der Waals surface area contributed by atoms with Crippen LogP contribution in [0.4, 0.5) is 0 Å². The summed E-state index contributed by atoms with van der Waals surface area (Å²) in [6.45, 7) is 6.10. The van der Waals surface area contributed by atoms with Crippen molar-refractivity contribution in [2.75, 3.05) is 13.7 Å². The van der Waals surface area contributed by atoms with Gasteiger partial charge >= 0.3 is 0 Å². The van der Waals surface area contributed by atoms with Crippen LogP contribution in [0, 0.1) is 5.92 Å². The fraction of sp³-hybridized carbons (Fsp3) is 0.533. The molecule has 1 amide bonds. The molecule has 0 aliphatic rings. The first kappa shape index (κ1) is 19.7. The van der Waals surface area contributed by atoms with Crippen LogP contribution in [-0.2, 0) is 14.8 Å². The molecule has 23 heavy (non-hydrogen) atoms. The molecule has 0 saturated carbocycles. The lowest BCUT2D eigenvalue weighted by Crippen LogP contribution is -2.45. The van der Waals surface area contributed by atoms with Crippen LogP contribution in [0.2, 0.25) is 5.02 Å². The number of amides is 1. The minimum absolute atomic E-state index is 0.0230. The predicted molar refractivity (Wildman–Crippen MR) is 90.3 cm³/mol. The number of nitrogens with one attached hydrogen (secondary N) is 2. The Hall–Kier alpha value is -1.31. The molecule has 0 unspecified atom stereocenters. The molecule has 1 rings (SSSR count). The third-order valence-corrected chi connectivity index (χ3v) is 5.01. The van der Waals surface area contributed by atoms with Gasteiger partial charge in [0, 0.05) is 6.54 Å². The van der Waals surface area contributed by atoms with Crippen LogP contribution in [0.3, 0.4) is 0 Å². The highest BCUT2D eigenvalue weighted by Crippen LogP contribution is 2.26. The molecular weight excluding hydrogens is 340 g/mol. The van der Waals surface area contributed by atoms with E-state index in [1.165, 1.54) is 32.2 Å². The highest BCUT2D eigenvalue weighted by molar-refractivity contribution is 7.89. The molecule has 0 spiro atoms. The summed E-state index contributed by atoms with van der Waals surface area (Å²) in [4.78, 5) is 11.9. The van der Waals surface area contributed by atoms with Gasteiger partial charge in [-0.15, -0.1) is 0 Å². The lowest BCUT2D eigenvalue weighted by Gasteiger charge is -2.15. The average molecular weight is 363 g/mol. The standard InChI is InChI=1S/C15H23ClN2O4S/c1-10(2)7-8-17-15(19)11(3)18-23(20,21)12-5-6-14(22-4)13(16)9-12/h5-6,9-11,18H,7-8H2,1-4H3,(H,17,19)/t11-/m1/s1. The molecule has 0 radical (unpaired) electrons. The van der Waals surface area contributed by atoms with Crippen molar-refractivity contribution in [1.82, 2.24) is 10.0 Å². The van der Waals surface area contributed by atoms with Gasteiger partial charge in [-0.25, -0.2) is 8.42 Å². The Balaban J connectivity index is 2.74. The number of carbonyl (C=O) groups excluding carboxylic acids is 1. The Bertz CT molecular complexity index is 647. The van der Waals surface area contributed by atoms with Crippen molar-refractivity contribution in [2.24, 2.45) is 5.92 Å². The molecule has 0 heterocycles. The number of hydrogen-bond acceptors (Lipinski definition) is 4. The van der Waals surface area contributed by atoms with Gasteiger partial charge in [0.25, 0.3) is 0 Å². The largest absolute Gasteiger partial charge is 0.495 e. The molecule has 1 aromatic rings. The fourth-order valence-corrected chi connectivity index (χ4v) is 3.36.